The Labute approximate surface area is 185 Å². The third-order valence-electron chi connectivity index (χ3n) is 7.20. The molecule has 2 aliphatic heterocycles. The van der Waals surface area contributed by atoms with Crippen molar-refractivity contribution >= 4 is 34.4 Å². The molecule has 0 radical (unpaired) electrons. The van der Waals surface area contributed by atoms with Crippen molar-refractivity contribution in [3.8, 4) is 0 Å². The summed E-state index contributed by atoms with van der Waals surface area (Å²) in [5.41, 5.74) is 1.99. The molecule has 8 heteroatoms. The summed E-state index contributed by atoms with van der Waals surface area (Å²) in [6.45, 7) is 4.86. The predicted molar refractivity (Wildman–Crippen MR) is 120 cm³/mol. The fourth-order valence-electron chi connectivity index (χ4n) is 5.16. The molecule has 1 saturated heterocycles. The van der Waals surface area contributed by atoms with Gasteiger partial charge in [0.05, 0.1) is 16.4 Å². The minimum absolute atomic E-state index is 0.00634. The topological polar surface area (TPSA) is 100 Å². The Morgan fingerprint density at radius 1 is 1.22 bits per heavy atom. The molecule has 3 aliphatic rings. The van der Waals surface area contributed by atoms with E-state index in [0.29, 0.717) is 41.3 Å². The lowest BCUT2D eigenvalue weighted by molar-refractivity contribution is -0.122. The Hall–Kier alpha value is -3.42. The van der Waals surface area contributed by atoms with Crippen molar-refractivity contribution in [1.82, 2.24) is 14.9 Å². The van der Waals surface area contributed by atoms with Crippen LogP contribution < -0.4 is 10.6 Å². The first-order valence-electron chi connectivity index (χ1n) is 11.1. The summed E-state index contributed by atoms with van der Waals surface area (Å²) in [6, 6.07) is 7.78. The summed E-state index contributed by atoms with van der Waals surface area (Å²) >= 11 is 0. The van der Waals surface area contributed by atoms with Gasteiger partial charge >= 0.3 is 0 Å². The fourth-order valence-corrected chi connectivity index (χ4v) is 5.16. The second-order valence-corrected chi connectivity index (χ2v) is 9.53. The Kier molecular flexibility index (Phi) is 3.94. The van der Waals surface area contributed by atoms with Crippen molar-refractivity contribution in [2.45, 2.75) is 50.5 Å². The van der Waals surface area contributed by atoms with E-state index in [9.17, 15) is 9.59 Å². The lowest BCUT2D eigenvalue weighted by Crippen LogP contribution is -2.52. The molecule has 2 amide bonds. The Balaban J connectivity index is 1.40. The Bertz CT molecular complexity index is 1280. The second-order valence-electron chi connectivity index (χ2n) is 9.53. The quantitative estimate of drug-likeness (QED) is 0.657. The summed E-state index contributed by atoms with van der Waals surface area (Å²) < 4.78 is 5.86. The normalized spacial score (nSPS) is 23.3. The number of rotatable bonds is 3. The van der Waals surface area contributed by atoms with Crippen LogP contribution in [-0.2, 0) is 10.2 Å². The first kappa shape index (κ1) is 19.3. The SMILES string of the molecule is Cc1oc2ncnc(NC3(C)CC3)c2c1C(=O)N1CCCC2(C1)C(=O)Nc1ccccc12. The molecular formula is C24H25N5O3. The van der Waals surface area contributed by atoms with Crippen LogP contribution in [0, 0.1) is 6.92 Å². The first-order valence-corrected chi connectivity index (χ1v) is 11.1. The summed E-state index contributed by atoms with van der Waals surface area (Å²) in [6.07, 6.45) is 5.05. The van der Waals surface area contributed by atoms with Gasteiger partial charge in [0.2, 0.25) is 11.6 Å². The van der Waals surface area contributed by atoms with Crippen molar-refractivity contribution in [3.05, 3.63) is 47.5 Å². The van der Waals surface area contributed by atoms with Crippen molar-refractivity contribution < 1.29 is 14.0 Å². The van der Waals surface area contributed by atoms with Crippen LogP contribution in [0.15, 0.2) is 35.0 Å². The molecule has 1 aromatic carbocycles. The van der Waals surface area contributed by atoms with Crippen molar-refractivity contribution in [1.29, 1.82) is 0 Å². The van der Waals surface area contributed by atoms with Gasteiger partial charge in [0, 0.05) is 24.3 Å². The zero-order valence-electron chi connectivity index (χ0n) is 18.2. The molecule has 8 nitrogen and oxygen atoms in total. The number of nitrogens with one attached hydrogen (secondary N) is 2. The third kappa shape index (κ3) is 2.75. The van der Waals surface area contributed by atoms with E-state index in [2.05, 4.69) is 27.5 Å². The van der Waals surface area contributed by atoms with Gasteiger partial charge in [-0.2, -0.15) is 0 Å². The van der Waals surface area contributed by atoms with Gasteiger partial charge in [0.1, 0.15) is 17.9 Å². The van der Waals surface area contributed by atoms with Gasteiger partial charge in [-0.3, -0.25) is 9.59 Å². The van der Waals surface area contributed by atoms with Crippen LogP contribution in [0.1, 0.15) is 54.3 Å². The number of carbonyl (C=O) groups is 2. The number of nitrogens with zero attached hydrogens (tertiary/aromatic N) is 3. The molecule has 1 spiro atoms. The lowest BCUT2D eigenvalue weighted by atomic mass is 9.75. The van der Waals surface area contributed by atoms with Gasteiger partial charge in [0.15, 0.2) is 0 Å². The van der Waals surface area contributed by atoms with Crippen molar-refractivity contribution in [2.24, 2.45) is 0 Å². The molecule has 4 heterocycles. The molecule has 32 heavy (non-hydrogen) atoms. The lowest BCUT2D eigenvalue weighted by Gasteiger charge is -2.39. The Morgan fingerprint density at radius 2 is 2.03 bits per heavy atom. The highest BCUT2D eigenvalue weighted by atomic mass is 16.3. The van der Waals surface area contributed by atoms with Gasteiger partial charge in [0.25, 0.3) is 5.91 Å². The number of benzene rings is 1. The molecule has 1 aliphatic carbocycles. The molecule has 0 bridgehead atoms. The summed E-state index contributed by atoms with van der Waals surface area (Å²) in [7, 11) is 0. The minimum Gasteiger partial charge on any atom is -0.442 e. The van der Waals surface area contributed by atoms with Crippen LogP contribution in [0.25, 0.3) is 11.1 Å². The number of para-hydroxylation sites is 1. The monoisotopic (exact) mass is 431 g/mol. The van der Waals surface area contributed by atoms with Crippen LogP contribution >= 0.6 is 0 Å². The zero-order valence-corrected chi connectivity index (χ0v) is 18.2. The standard InChI is InChI=1S/C24H25N5O3/c1-14-17(18-19(28-23(2)9-10-23)25-13-26-20(18)32-14)21(30)29-11-5-8-24(12-29)15-6-3-4-7-16(15)27-22(24)31/h3-4,6-7,13H,5,8-12H2,1-2H3,(H,27,31)(H,25,26,28). The molecule has 1 atom stereocenters. The van der Waals surface area contributed by atoms with Gasteiger partial charge < -0.3 is 20.0 Å². The molecular weight excluding hydrogens is 406 g/mol. The van der Waals surface area contributed by atoms with Gasteiger partial charge in [-0.1, -0.05) is 18.2 Å². The highest BCUT2D eigenvalue weighted by molar-refractivity contribution is 6.11. The highest BCUT2D eigenvalue weighted by Crippen LogP contribution is 2.45. The Morgan fingerprint density at radius 3 is 2.84 bits per heavy atom. The van der Waals surface area contributed by atoms with Crippen LogP contribution in [0.3, 0.4) is 0 Å². The average Bonchev–Trinajstić information content (AvgIpc) is 3.32. The van der Waals surface area contributed by atoms with E-state index >= 15 is 0 Å². The summed E-state index contributed by atoms with van der Waals surface area (Å²) in [5.74, 6) is 0.977. The van der Waals surface area contributed by atoms with Gasteiger partial charge in [-0.05, 0) is 51.2 Å². The molecule has 2 fully saturated rings. The molecule has 2 N–H and O–H groups in total. The van der Waals surface area contributed by atoms with Crippen molar-refractivity contribution in [3.63, 3.8) is 0 Å². The number of aromatic nitrogens is 2. The number of piperidine rings is 1. The summed E-state index contributed by atoms with van der Waals surface area (Å²) in [5, 5.41) is 7.10. The van der Waals surface area contributed by atoms with E-state index < -0.39 is 5.41 Å². The number of aryl methyl sites for hydroxylation is 1. The zero-order chi connectivity index (χ0) is 22.1. The van der Waals surface area contributed by atoms with Crippen LogP contribution in [0.2, 0.25) is 0 Å². The summed E-state index contributed by atoms with van der Waals surface area (Å²) in [4.78, 5) is 37.4. The molecule has 1 unspecified atom stereocenters. The number of hydrogen-bond acceptors (Lipinski definition) is 6. The van der Waals surface area contributed by atoms with E-state index in [1.54, 1.807) is 11.8 Å². The maximum absolute atomic E-state index is 13.8. The minimum atomic E-state index is -0.711. The molecule has 164 valence electrons. The fraction of sp³-hybridized carbons (Fsp3) is 0.417. The maximum atomic E-state index is 13.8. The number of fused-ring (bicyclic) bond motifs is 3. The van der Waals surface area contributed by atoms with E-state index in [-0.39, 0.29) is 17.4 Å². The van der Waals surface area contributed by atoms with Crippen molar-refractivity contribution in [2.75, 3.05) is 23.7 Å². The van der Waals surface area contributed by atoms with Gasteiger partial charge in [-0.25, -0.2) is 9.97 Å². The number of furan rings is 1. The highest BCUT2D eigenvalue weighted by Gasteiger charge is 2.50. The molecule has 1 saturated carbocycles. The average molecular weight is 431 g/mol. The predicted octanol–water partition coefficient (Wildman–Crippen LogP) is 3.62. The maximum Gasteiger partial charge on any atom is 0.258 e. The number of amides is 2. The number of anilines is 2. The molecule has 6 rings (SSSR count). The van der Waals surface area contributed by atoms with E-state index in [1.807, 2.05) is 24.3 Å². The molecule has 3 aromatic rings. The number of carbonyl (C=O) groups excluding carboxylic acids is 2. The van der Waals surface area contributed by atoms with E-state index in [4.69, 9.17) is 4.42 Å². The molecule has 2 aromatic heterocycles. The smallest absolute Gasteiger partial charge is 0.258 e. The number of likely N-dealkylation sites (tertiary alicyclic amines) is 1. The van der Waals surface area contributed by atoms with Crippen LogP contribution in [0.5, 0.6) is 0 Å². The van der Waals surface area contributed by atoms with E-state index in [1.165, 1.54) is 6.33 Å². The number of hydrogen-bond donors (Lipinski definition) is 2. The largest absolute Gasteiger partial charge is 0.442 e. The van der Waals surface area contributed by atoms with Crippen LogP contribution in [-0.4, -0.2) is 45.3 Å². The van der Waals surface area contributed by atoms with E-state index in [0.717, 1.165) is 36.9 Å². The third-order valence-corrected chi connectivity index (χ3v) is 7.20. The van der Waals surface area contributed by atoms with Crippen LogP contribution in [0.4, 0.5) is 11.5 Å². The first-order chi connectivity index (χ1) is 15.4. The van der Waals surface area contributed by atoms with Gasteiger partial charge in [-0.15, -0.1) is 0 Å². The second kappa shape index (κ2) is 6.54.